The zero-order chi connectivity index (χ0) is 23.8. The Balaban J connectivity index is 1.77. The third-order valence-electron chi connectivity index (χ3n) is 4.91. The number of halogens is 6. The number of pyridine rings is 2. The van der Waals surface area contributed by atoms with Gasteiger partial charge < -0.3 is 10.3 Å². The van der Waals surface area contributed by atoms with Gasteiger partial charge in [0.15, 0.2) is 0 Å². The summed E-state index contributed by atoms with van der Waals surface area (Å²) in [7, 11) is 0. The minimum absolute atomic E-state index is 0.0125. The van der Waals surface area contributed by atoms with Gasteiger partial charge in [0.25, 0.3) is 5.91 Å². The van der Waals surface area contributed by atoms with Crippen molar-refractivity contribution in [3.05, 3.63) is 95.1 Å². The Labute approximate surface area is 182 Å². The topological polar surface area (TPSA) is 70.7 Å². The van der Waals surface area contributed by atoms with E-state index in [1.807, 2.05) is 0 Å². The summed E-state index contributed by atoms with van der Waals surface area (Å²) < 4.78 is 79.7. The molecule has 4 rings (SSSR count). The monoisotopic (exact) mass is 464 g/mol. The van der Waals surface area contributed by atoms with Gasteiger partial charge in [-0.25, -0.2) is 4.98 Å². The highest BCUT2D eigenvalue weighted by molar-refractivity contribution is 5.94. The molecule has 33 heavy (non-hydrogen) atoms. The fourth-order valence-corrected chi connectivity index (χ4v) is 3.32. The van der Waals surface area contributed by atoms with E-state index >= 15 is 0 Å². The highest BCUT2D eigenvalue weighted by atomic mass is 19.4. The number of carbonyl (C=O) groups excluding carboxylic acids is 1. The molecule has 3 aromatic heterocycles. The molecule has 0 radical (unpaired) electrons. The van der Waals surface area contributed by atoms with E-state index in [0.717, 1.165) is 48.0 Å². The molecule has 0 aliphatic rings. The first-order chi connectivity index (χ1) is 15.5. The molecule has 2 N–H and O–H groups in total. The first kappa shape index (κ1) is 22.3. The molecular formula is C22H14F6N4O. The Morgan fingerprint density at radius 1 is 0.909 bits per heavy atom. The third-order valence-corrected chi connectivity index (χ3v) is 4.91. The molecule has 0 fully saturated rings. The van der Waals surface area contributed by atoms with E-state index in [4.69, 9.17) is 0 Å². The molecule has 4 aromatic rings. The molecule has 0 bridgehead atoms. The second-order valence-corrected chi connectivity index (χ2v) is 7.07. The van der Waals surface area contributed by atoms with Crippen LogP contribution in [-0.4, -0.2) is 20.9 Å². The van der Waals surface area contributed by atoms with Crippen molar-refractivity contribution < 1.29 is 31.1 Å². The van der Waals surface area contributed by atoms with Gasteiger partial charge in [-0.15, -0.1) is 0 Å². The van der Waals surface area contributed by atoms with Crippen LogP contribution in [0.15, 0.2) is 67.0 Å². The largest absolute Gasteiger partial charge is 0.418 e. The van der Waals surface area contributed by atoms with Gasteiger partial charge in [-0.2, -0.15) is 26.3 Å². The third kappa shape index (κ3) is 4.66. The second kappa shape index (κ2) is 8.23. The number of H-pyrrole nitrogens is 1. The summed E-state index contributed by atoms with van der Waals surface area (Å²) in [5.74, 6) is -0.824. The van der Waals surface area contributed by atoms with Crippen LogP contribution in [0.25, 0.3) is 11.0 Å². The number of hydrogen-bond acceptors (Lipinski definition) is 3. The normalized spacial score (nSPS) is 13.2. The lowest BCUT2D eigenvalue weighted by Gasteiger charge is -2.22. The lowest BCUT2D eigenvalue weighted by atomic mass is 9.97. The number of fused-ring (bicyclic) bond motifs is 1. The fraction of sp³-hybridized carbons (Fsp3) is 0.136. The Kier molecular flexibility index (Phi) is 5.56. The van der Waals surface area contributed by atoms with E-state index in [-0.39, 0.29) is 11.3 Å². The predicted octanol–water partition coefficient (Wildman–Crippen LogP) is 5.51. The van der Waals surface area contributed by atoms with Gasteiger partial charge in [0.1, 0.15) is 11.3 Å². The summed E-state index contributed by atoms with van der Waals surface area (Å²) in [6.07, 6.45) is -6.72. The lowest BCUT2D eigenvalue weighted by molar-refractivity contribution is -0.139. The van der Waals surface area contributed by atoms with Crippen molar-refractivity contribution >= 4 is 16.9 Å². The Morgan fingerprint density at radius 2 is 1.64 bits per heavy atom. The lowest BCUT2D eigenvalue weighted by Crippen LogP contribution is -2.32. The summed E-state index contributed by atoms with van der Waals surface area (Å²) >= 11 is 0. The molecule has 1 atom stereocenters. The van der Waals surface area contributed by atoms with E-state index in [1.54, 1.807) is 18.3 Å². The first-order valence-corrected chi connectivity index (χ1v) is 9.48. The zero-order valence-corrected chi connectivity index (χ0v) is 16.5. The van der Waals surface area contributed by atoms with E-state index in [1.165, 1.54) is 6.07 Å². The smallest absolute Gasteiger partial charge is 0.346 e. The maximum Gasteiger partial charge on any atom is 0.418 e. The quantitative estimate of drug-likeness (QED) is 0.391. The highest BCUT2D eigenvalue weighted by Gasteiger charge is 2.37. The molecule has 0 saturated carbocycles. The van der Waals surface area contributed by atoms with Crippen molar-refractivity contribution in [3.63, 3.8) is 0 Å². The van der Waals surface area contributed by atoms with Crippen molar-refractivity contribution in [2.45, 2.75) is 18.4 Å². The molecular weight excluding hydrogens is 450 g/mol. The average Bonchev–Trinajstić information content (AvgIpc) is 3.24. The molecule has 0 spiro atoms. The van der Waals surface area contributed by atoms with Gasteiger partial charge in [-0.3, -0.25) is 9.78 Å². The standard InChI is InChI=1S/C22H14F6N4O/c23-21(24,25)14-6-3-12(4-7-14)17(18-15(22(26,27)28)2-1-10-29-18)32-20(33)16-8-5-13-9-11-30-19(13)31-16/h1-11,17H,(H,30,31)(H,32,33). The maximum absolute atomic E-state index is 13.6. The van der Waals surface area contributed by atoms with Crippen LogP contribution in [0.5, 0.6) is 0 Å². The number of hydrogen-bond donors (Lipinski definition) is 2. The Bertz CT molecular complexity index is 1290. The Morgan fingerprint density at radius 3 is 2.30 bits per heavy atom. The number of nitrogens with zero attached hydrogens (tertiary/aromatic N) is 2. The van der Waals surface area contributed by atoms with Crippen LogP contribution in [0, 0.1) is 0 Å². The molecule has 0 saturated heterocycles. The SMILES string of the molecule is O=C(NC(c1ccc(C(F)(F)F)cc1)c1ncccc1C(F)(F)F)c1ccc2cc[nH]c2n1. The zero-order valence-electron chi connectivity index (χ0n) is 16.5. The second-order valence-electron chi connectivity index (χ2n) is 7.07. The minimum atomic E-state index is -4.81. The number of aromatic nitrogens is 3. The number of alkyl halides is 6. The Hall–Kier alpha value is -3.89. The van der Waals surface area contributed by atoms with Crippen LogP contribution in [0.1, 0.15) is 38.9 Å². The molecule has 11 heteroatoms. The maximum atomic E-state index is 13.6. The van der Waals surface area contributed by atoms with Gasteiger partial charge in [-0.05, 0) is 48.0 Å². The molecule has 170 valence electrons. The van der Waals surface area contributed by atoms with Gasteiger partial charge >= 0.3 is 12.4 Å². The number of carbonyl (C=O) groups is 1. The van der Waals surface area contributed by atoms with Crippen LogP contribution >= 0.6 is 0 Å². The molecule has 1 aromatic carbocycles. The molecule has 0 aliphatic carbocycles. The fourth-order valence-electron chi connectivity index (χ4n) is 3.32. The van der Waals surface area contributed by atoms with Crippen LogP contribution in [0.4, 0.5) is 26.3 Å². The summed E-state index contributed by atoms with van der Waals surface area (Å²) in [6.45, 7) is 0. The molecule has 1 unspecified atom stereocenters. The van der Waals surface area contributed by atoms with Crippen LogP contribution in [-0.2, 0) is 12.4 Å². The number of nitrogens with one attached hydrogen (secondary N) is 2. The van der Waals surface area contributed by atoms with Crippen molar-refractivity contribution in [1.82, 2.24) is 20.3 Å². The van der Waals surface area contributed by atoms with Crippen molar-refractivity contribution in [2.24, 2.45) is 0 Å². The highest BCUT2D eigenvalue weighted by Crippen LogP contribution is 2.36. The minimum Gasteiger partial charge on any atom is -0.346 e. The van der Waals surface area contributed by atoms with Crippen molar-refractivity contribution in [1.29, 1.82) is 0 Å². The predicted molar refractivity (Wildman–Crippen MR) is 106 cm³/mol. The number of aromatic amines is 1. The van der Waals surface area contributed by atoms with Gasteiger partial charge in [0.2, 0.25) is 0 Å². The van der Waals surface area contributed by atoms with Crippen LogP contribution < -0.4 is 5.32 Å². The summed E-state index contributed by atoms with van der Waals surface area (Å²) in [5.41, 5.74) is -2.37. The molecule has 3 heterocycles. The summed E-state index contributed by atoms with van der Waals surface area (Å²) in [5, 5.41) is 3.15. The molecule has 0 aliphatic heterocycles. The van der Waals surface area contributed by atoms with Gasteiger partial charge in [0.05, 0.1) is 22.9 Å². The van der Waals surface area contributed by atoms with Gasteiger partial charge in [0, 0.05) is 17.8 Å². The molecule has 1 amide bonds. The van der Waals surface area contributed by atoms with E-state index in [2.05, 4.69) is 20.3 Å². The van der Waals surface area contributed by atoms with Crippen molar-refractivity contribution in [2.75, 3.05) is 0 Å². The van der Waals surface area contributed by atoms with E-state index in [0.29, 0.717) is 5.65 Å². The van der Waals surface area contributed by atoms with Gasteiger partial charge in [-0.1, -0.05) is 12.1 Å². The van der Waals surface area contributed by atoms with Crippen molar-refractivity contribution in [3.8, 4) is 0 Å². The molecule has 5 nitrogen and oxygen atoms in total. The van der Waals surface area contributed by atoms with Crippen LogP contribution in [0.3, 0.4) is 0 Å². The van der Waals surface area contributed by atoms with E-state index in [9.17, 15) is 31.1 Å². The average molecular weight is 464 g/mol. The number of rotatable bonds is 4. The first-order valence-electron chi connectivity index (χ1n) is 9.48. The van der Waals surface area contributed by atoms with Crippen LogP contribution in [0.2, 0.25) is 0 Å². The number of amides is 1. The summed E-state index contributed by atoms with van der Waals surface area (Å²) in [6, 6.07) is 8.56. The van der Waals surface area contributed by atoms with E-state index < -0.39 is 41.1 Å². The number of benzene rings is 1. The summed E-state index contributed by atoms with van der Waals surface area (Å²) in [4.78, 5) is 23.6.